The van der Waals surface area contributed by atoms with Crippen LogP contribution in [-0.2, 0) is 25.5 Å². The number of carbonyl (C=O) groups is 3. The zero-order chi connectivity index (χ0) is 20.5. The standard InChI is InChI=1S/C18H17ClN2O6S/c1-27-18(20-14(23)8-11-3-2-6-28-11)9-21(17(18)26)15(16(24)25)10-4-5-13(22)12(19)7-10/h2-7,15,22H,8-9H2,1H3,(H,20,23)(H,24,25)/t15?,18-/m0/s1. The molecule has 1 aromatic heterocycles. The van der Waals surface area contributed by atoms with Crippen molar-refractivity contribution < 1.29 is 29.3 Å². The van der Waals surface area contributed by atoms with Gasteiger partial charge in [-0.2, -0.15) is 0 Å². The van der Waals surface area contributed by atoms with Gasteiger partial charge in [-0.1, -0.05) is 23.7 Å². The molecule has 8 nitrogen and oxygen atoms in total. The lowest BCUT2D eigenvalue weighted by Crippen LogP contribution is -2.76. The molecule has 1 aliphatic rings. The normalized spacial score (nSPS) is 19.8. The molecule has 148 valence electrons. The number of nitrogens with zero attached hydrogens (tertiary/aromatic N) is 1. The van der Waals surface area contributed by atoms with Crippen LogP contribution in [0.5, 0.6) is 5.75 Å². The number of amides is 2. The first-order chi connectivity index (χ1) is 13.3. The van der Waals surface area contributed by atoms with Crippen molar-refractivity contribution in [3.63, 3.8) is 0 Å². The van der Waals surface area contributed by atoms with Crippen LogP contribution < -0.4 is 5.32 Å². The fraction of sp³-hybridized carbons (Fsp3) is 0.278. The minimum atomic E-state index is -1.61. The van der Waals surface area contributed by atoms with Gasteiger partial charge in [0.2, 0.25) is 11.6 Å². The van der Waals surface area contributed by atoms with E-state index in [1.165, 1.54) is 36.6 Å². The lowest BCUT2D eigenvalue weighted by molar-refractivity contribution is -0.198. The van der Waals surface area contributed by atoms with E-state index in [9.17, 15) is 24.6 Å². The maximum Gasteiger partial charge on any atom is 0.331 e. The molecule has 2 aromatic rings. The quantitative estimate of drug-likeness (QED) is 0.461. The van der Waals surface area contributed by atoms with Crippen LogP contribution in [0, 0.1) is 0 Å². The van der Waals surface area contributed by atoms with E-state index in [1.807, 2.05) is 11.4 Å². The van der Waals surface area contributed by atoms with E-state index in [-0.39, 0.29) is 29.3 Å². The summed E-state index contributed by atoms with van der Waals surface area (Å²) in [5.74, 6) is -2.55. The first-order valence-corrected chi connectivity index (χ1v) is 9.44. The number of phenols is 1. The second kappa shape index (κ2) is 7.78. The average molecular weight is 425 g/mol. The van der Waals surface area contributed by atoms with Crippen LogP contribution in [0.3, 0.4) is 0 Å². The lowest BCUT2D eigenvalue weighted by atomic mass is 9.95. The number of phenolic OH excluding ortho intramolecular Hbond substituents is 1. The van der Waals surface area contributed by atoms with Crippen molar-refractivity contribution in [1.29, 1.82) is 0 Å². The van der Waals surface area contributed by atoms with Crippen molar-refractivity contribution in [3.8, 4) is 5.75 Å². The summed E-state index contributed by atoms with van der Waals surface area (Å²) in [7, 11) is 1.27. The Bertz CT molecular complexity index is 919. The van der Waals surface area contributed by atoms with E-state index < -0.39 is 29.6 Å². The minimum absolute atomic E-state index is 0.0287. The Labute approximate surface area is 169 Å². The van der Waals surface area contributed by atoms with Crippen molar-refractivity contribution in [2.24, 2.45) is 0 Å². The highest BCUT2D eigenvalue weighted by Gasteiger charge is 2.57. The molecule has 10 heteroatoms. The van der Waals surface area contributed by atoms with Gasteiger partial charge >= 0.3 is 5.97 Å². The number of benzene rings is 1. The molecule has 1 saturated heterocycles. The predicted octanol–water partition coefficient (Wildman–Crippen LogP) is 1.78. The van der Waals surface area contributed by atoms with E-state index >= 15 is 0 Å². The highest BCUT2D eigenvalue weighted by atomic mass is 35.5. The Balaban J connectivity index is 1.77. The molecule has 2 amide bonds. The molecule has 1 aliphatic heterocycles. The Kier molecular flexibility index (Phi) is 5.59. The molecule has 0 saturated carbocycles. The monoisotopic (exact) mass is 424 g/mol. The summed E-state index contributed by atoms with van der Waals surface area (Å²) in [4.78, 5) is 38.7. The molecule has 0 spiro atoms. The Hall–Kier alpha value is -2.62. The van der Waals surface area contributed by atoms with Crippen LogP contribution in [-0.4, -0.2) is 52.3 Å². The molecule has 2 heterocycles. The number of hydrogen-bond donors (Lipinski definition) is 3. The SMILES string of the molecule is CO[C@@]1(NC(=O)Cc2cccs2)CN(C(C(=O)O)c2ccc(O)c(Cl)c2)C1=O. The number of methoxy groups -OCH3 is 1. The van der Waals surface area contributed by atoms with Gasteiger partial charge < -0.3 is 25.2 Å². The van der Waals surface area contributed by atoms with Gasteiger partial charge in [0.05, 0.1) is 18.0 Å². The summed E-state index contributed by atoms with van der Waals surface area (Å²) < 4.78 is 5.24. The van der Waals surface area contributed by atoms with Gasteiger partial charge in [-0.15, -0.1) is 11.3 Å². The number of carbonyl (C=O) groups excluding carboxylic acids is 2. The maximum absolute atomic E-state index is 12.8. The fourth-order valence-electron chi connectivity index (χ4n) is 3.01. The first-order valence-electron chi connectivity index (χ1n) is 8.18. The van der Waals surface area contributed by atoms with Crippen LogP contribution in [0.2, 0.25) is 5.02 Å². The molecular weight excluding hydrogens is 408 g/mol. The highest BCUT2D eigenvalue weighted by molar-refractivity contribution is 7.10. The molecule has 3 N–H and O–H groups in total. The van der Waals surface area contributed by atoms with Gasteiger partial charge in [0, 0.05) is 12.0 Å². The van der Waals surface area contributed by atoms with Crippen molar-refractivity contribution in [1.82, 2.24) is 10.2 Å². The molecule has 0 radical (unpaired) electrons. The number of aliphatic carboxylic acids is 1. The van der Waals surface area contributed by atoms with Crippen molar-refractivity contribution in [2.75, 3.05) is 13.7 Å². The molecular formula is C18H17ClN2O6S. The Morgan fingerprint density at radius 2 is 2.18 bits per heavy atom. The first kappa shape index (κ1) is 20.1. The number of nitrogens with one attached hydrogen (secondary N) is 1. The van der Waals surface area contributed by atoms with Gasteiger partial charge in [0.25, 0.3) is 5.91 Å². The van der Waals surface area contributed by atoms with Crippen LogP contribution in [0.4, 0.5) is 0 Å². The molecule has 1 unspecified atom stereocenters. The fourth-order valence-corrected chi connectivity index (χ4v) is 3.91. The summed E-state index contributed by atoms with van der Waals surface area (Å²) in [6.45, 7) is -0.145. The third-order valence-electron chi connectivity index (χ3n) is 4.44. The van der Waals surface area contributed by atoms with Crippen LogP contribution >= 0.6 is 22.9 Å². The predicted molar refractivity (Wildman–Crippen MR) is 101 cm³/mol. The van der Waals surface area contributed by atoms with Gasteiger partial charge in [0.1, 0.15) is 5.75 Å². The molecule has 0 bridgehead atoms. The molecule has 1 fully saturated rings. The number of hydrogen-bond acceptors (Lipinski definition) is 6. The average Bonchev–Trinajstić information content (AvgIpc) is 3.15. The number of likely N-dealkylation sites (tertiary alicyclic amines) is 1. The summed E-state index contributed by atoms with van der Waals surface area (Å²) in [5.41, 5.74) is -1.39. The lowest BCUT2D eigenvalue weighted by Gasteiger charge is -2.49. The number of thiophene rings is 1. The second-order valence-electron chi connectivity index (χ2n) is 6.22. The number of carboxylic acids is 1. The smallest absolute Gasteiger partial charge is 0.331 e. The number of rotatable bonds is 7. The Morgan fingerprint density at radius 3 is 2.71 bits per heavy atom. The third kappa shape index (κ3) is 3.68. The summed E-state index contributed by atoms with van der Waals surface area (Å²) in [6.07, 6.45) is 0.0893. The van der Waals surface area contributed by atoms with Crippen molar-refractivity contribution in [2.45, 2.75) is 18.2 Å². The van der Waals surface area contributed by atoms with E-state index in [4.69, 9.17) is 16.3 Å². The number of ether oxygens (including phenoxy) is 1. The van der Waals surface area contributed by atoms with Gasteiger partial charge in [-0.05, 0) is 29.1 Å². The van der Waals surface area contributed by atoms with Crippen LogP contribution in [0.15, 0.2) is 35.7 Å². The zero-order valence-corrected chi connectivity index (χ0v) is 16.3. The van der Waals surface area contributed by atoms with E-state index in [0.717, 1.165) is 9.78 Å². The molecule has 0 aliphatic carbocycles. The van der Waals surface area contributed by atoms with E-state index in [1.54, 1.807) is 6.07 Å². The largest absolute Gasteiger partial charge is 0.506 e. The molecule has 3 rings (SSSR count). The van der Waals surface area contributed by atoms with Crippen LogP contribution in [0.25, 0.3) is 0 Å². The summed E-state index contributed by atoms with van der Waals surface area (Å²) >= 11 is 7.27. The van der Waals surface area contributed by atoms with Gasteiger partial charge in [-0.25, -0.2) is 4.79 Å². The maximum atomic E-state index is 12.8. The summed E-state index contributed by atoms with van der Waals surface area (Å²) in [6, 6.07) is 6.19. The number of carboxylic acid groups (broad SMARTS) is 1. The van der Waals surface area contributed by atoms with Crippen molar-refractivity contribution in [3.05, 3.63) is 51.2 Å². The van der Waals surface area contributed by atoms with E-state index in [2.05, 4.69) is 5.32 Å². The summed E-state index contributed by atoms with van der Waals surface area (Å²) in [5, 5.41) is 23.5. The molecule has 28 heavy (non-hydrogen) atoms. The number of halogens is 1. The molecule has 1 aromatic carbocycles. The van der Waals surface area contributed by atoms with Crippen LogP contribution in [0.1, 0.15) is 16.5 Å². The number of aromatic hydroxyl groups is 1. The number of β-lactam (4-membered cyclic amide) rings is 1. The highest BCUT2D eigenvalue weighted by Crippen LogP contribution is 2.36. The topological polar surface area (TPSA) is 116 Å². The zero-order valence-electron chi connectivity index (χ0n) is 14.7. The third-order valence-corrected chi connectivity index (χ3v) is 5.62. The van der Waals surface area contributed by atoms with Crippen molar-refractivity contribution >= 4 is 40.7 Å². The Morgan fingerprint density at radius 1 is 1.43 bits per heavy atom. The van der Waals surface area contributed by atoms with Gasteiger partial charge in [0.15, 0.2) is 6.04 Å². The molecule has 2 atom stereocenters. The van der Waals surface area contributed by atoms with E-state index in [0.29, 0.717) is 0 Å². The second-order valence-corrected chi connectivity index (χ2v) is 7.66. The minimum Gasteiger partial charge on any atom is -0.506 e. The van der Waals surface area contributed by atoms with Gasteiger partial charge in [-0.3, -0.25) is 9.59 Å².